The lowest BCUT2D eigenvalue weighted by Crippen LogP contribution is -2.42. The van der Waals surface area contributed by atoms with Crippen molar-refractivity contribution in [2.75, 3.05) is 6.54 Å². The summed E-state index contributed by atoms with van der Waals surface area (Å²) in [5.74, 6) is -0.307. The molecule has 0 aliphatic heterocycles. The molecule has 0 aliphatic rings. The second-order valence-electron chi connectivity index (χ2n) is 4.05. The van der Waals surface area contributed by atoms with Crippen molar-refractivity contribution < 1.29 is 9.59 Å². The van der Waals surface area contributed by atoms with Gasteiger partial charge in [0.1, 0.15) is 0 Å². The van der Waals surface area contributed by atoms with Crippen LogP contribution in [0.4, 0.5) is 0 Å². The van der Waals surface area contributed by atoms with Crippen molar-refractivity contribution in [3.8, 4) is 0 Å². The van der Waals surface area contributed by atoms with Crippen LogP contribution in [0, 0.1) is 0 Å². The fourth-order valence-corrected chi connectivity index (χ4v) is 1.17. The summed E-state index contributed by atoms with van der Waals surface area (Å²) in [7, 11) is 0. The Morgan fingerprint density at radius 1 is 1.47 bits per heavy atom. The smallest absolute Gasteiger partial charge is 0.237 e. The molecule has 5 nitrogen and oxygen atoms in total. The molecule has 5 heteroatoms. The molecular weight excluding hydrogens is 218 g/mol. The first-order chi connectivity index (χ1) is 8.01. The zero-order valence-corrected chi connectivity index (χ0v) is 10.7. The summed E-state index contributed by atoms with van der Waals surface area (Å²) in [6.45, 7) is 7.76. The van der Waals surface area contributed by atoms with Crippen LogP contribution in [0.2, 0.25) is 0 Å². The van der Waals surface area contributed by atoms with E-state index in [9.17, 15) is 9.59 Å². The summed E-state index contributed by atoms with van der Waals surface area (Å²) >= 11 is 0. The molecule has 0 aromatic heterocycles. The number of hydrogen-bond donors (Lipinski definition) is 3. The van der Waals surface area contributed by atoms with Crippen LogP contribution in [0.1, 0.15) is 33.1 Å². The SMILES string of the molecule is C=CCC(N)C(=O)NCCC(=O)NC(C)CC. The predicted octanol–water partition coefficient (Wildman–Crippen LogP) is 0.311. The molecule has 0 saturated heterocycles. The first-order valence-corrected chi connectivity index (χ1v) is 5.94. The van der Waals surface area contributed by atoms with E-state index in [1.165, 1.54) is 0 Å². The van der Waals surface area contributed by atoms with Gasteiger partial charge in [0.15, 0.2) is 0 Å². The Morgan fingerprint density at radius 3 is 2.65 bits per heavy atom. The molecule has 0 fully saturated rings. The highest BCUT2D eigenvalue weighted by Crippen LogP contribution is 1.91. The maximum atomic E-state index is 11.4. The van der Waals surface area contributed by atoms with Crippen molar-refractivity contribution >= 4 is 11.8 Å². The minimum Gasteiger partial charge on any atom is -0.354 e. The van der Waals surface area contributed by atoms with E-state index in [1.807, 2.05) is 13.8 Å². The van der Waals surface area contributed by atoms with Crippen molar-refractivity contribution in [1.82, 2.24) is 10.6 Å². The summed E-state index contributed by atoms with van der Waals surface area (Å²) in [5.41, 5.74) is 5.56. The van der Waals surface area contributed by atoms with Gasteiger partial charge in [-0.05, 0) is 19.8 Å². The summed E-state index contributed by atoms with van der Waals surface area (Å²) < 4.78 is 0. The first-order valence-electron chi connectivity index (χ1n) is 5.94. The number of carbonyl (C=O) groups is 2. The molecule has 0 saturated carbocycles. The molecule has 4 N–H and O–H groups in total. The van der Waals surface area contributed by atoms with Gasteiger partial charge in [0.05, 0.1) is 6.04 Å². The Hall–Kier alpha value is -1.36. The van der Waals surface area contributed by atoms with Crippen molar-refractivity contribution in [3.05, 3.63) is 12.7 Å². The highest BCUT2D eigenvalue weighted by molar-refractivity contribution is 5.82. The van der Waals surface area contributed by atoms with Gasteiger partial charge in [-0.1, -0.05) is 13.0 Å². The lowest BCUT2D eigenvalue weighted by atomic mass is 10.2. The van der Waals surface area contributed by atoms with E-state index >= 15 is 0 Å². The Labute approximate surface area is 103 Å². The summed E-state index contributed by atoms with van der Waals surface area (Å²) in [6, 6.07) is -0.411. The van der Waals surface area contributed by atoms with Gasteiger partial charge < -0.3 is 16.4 Å². The molecule has 0 radical (unpaired) electrons. The molecule has 17 heavy (non-hydrogen) atoms. The van der Waals surface area contributed by atoms with E-state index in [4.69, 9.17) is 5.73 Å². The van der Waals surface area contributed by atoms with E-state index in [1.54, 1.807) is 6.08 Å². The number of amides is 2. The van der Waals surface area contributed by atoms with E-state index in [0.717, 1.165) is 6.42 Å². The van der Waals surface area contributed by atoms with Crippen LogP contribution in [-0.2, 0) is 9.59 Å². The molecule has 0 spiro atoms. The number of nitrogens with one attached hydrogen (secondary N) is 2. The van der Waals surface area contributed by atoms with Crippen molar-refractivity contribution in [2.24, 2.45) is 5.73 Å². The lowest BCUT2D eigenvalue weighted by molar-refractivity contribution is -0.123. The van der Waals surface area contributed by atoms with Crippen LogP contribution in [0.15, 0.2) is 12.7 Å². The van der Waals surface area contributed by atoms with Gasteiger partial charge in [-0.25, -0.2) is 0 Å². The van der Waals surface area contributed by atoms with E-state index < -0.39 is 6.04 Å². The third-order valence-electron chi connectivity index (χ3n) is 2.43. The summed E-state index contributed by atoms with van der Waals surface area (Å²) in [4.78, 5) is 22.8. The minimum atomic E-state index is -0.579. The standard InChI is InChI=1S/C12H23N3O2/c1-4-6-10(13)12(17)14-8-7-11(16)15-9(3)5-2/h4,9-10H,1,5-8,13H2,2-3H3,(H,14,17)(H,15,16). The quantitative estimate of drug-likeness (QED) is 0.535. The van der Waals surface area contributed by atoms with Crippen LogP contribution >= 0.6 is 0 Å². The van der Waals surface area contributed by atoms with E-state index in [0.29, 0.717) is 13.0 Å². The lowest BCUT2D eigenvalue weighted by Gasteiger charge is -2.12. The second-order valence-corrected chi connectivity index (χ2v) is 4.05. The van der Waals surface area contributed by atoms with Gasteiger partial charge >= 0.3 is 0 Å². The Morgan fingerprint density at radius 2 is 2.12 bits per heavy atom. The van der Waals surface area contributed by atoms with E-state index in [-0.39, 0.29) is 24.3 Å². The Kier molecular flexibility index (Phi) is 8.05. The second kappa shape index (κ2) is 8.75. The average molecular weight is 241 g/mol. The molecule has 2 amide bonds. The average Bonchev–Trinajstić information content (AvgIpc) is 2.28. The molecule has 0 rings (SSSR count). The Bertz CT molecular complexity index is 266. The minimum absolute atomic E-state index is 0.0584. The number of rotatable bonds is 8. The van der Waals surface area contributed by atoms with Crippen LogP contribution in [0.3, 0.4) is 0 Å². The van der Waals surface area contributed by atoms with Gasteiger partial charge in [0.25, 0.3) is 0 Å². The zero-order valence-electron chi connectivity index (χ0n) is 10.7. The fraction of sp³-hybridized carbons (Fsp3) is 0.667. The molecule has 2 unspecified atom stereocenters. The molecule has 0 bridgehead atoms. The maximum Gasteiger partial charge on any atom is 0.237 e. The van der Waals surface area contributed by atoms with Crippen LogP contribution in [0.25, 0.3) is 0 Å². The monoisotopic (exact) mass is 241 g/mol. The molecule has 98 valence electrons. The molecular formula is C12H23N3O2. The first kappa shape index (κ1) is 15.6. The zero-order chi connectivity index (χ0) is 13.3. The number of hydrogen-bond acceptors (Lipinski definition) is 3. The molecule has 0 aromatic carbocycles. The van der Waals surface area contributed by atoms with Gasteiger partial charge in [-0.2, -0.15) is 0 Å². The third-order valence-corrected chi connectivity index (χ3v) is 2.43. The molecule has 2 atom stereocenters. The third kappa shape index (κ3) is 7.52. The topological polar surface area (TPSA) is 84.2 Å². The van der Waals surface area contributed by atoms with Gasteiger partial charge in [-0.3, -0.25) is 9.59 Å². The number of carbonyl (C=O) groups excluding carboxylic acids is 2. The van der Waals surface area contributed by atoms with Crippen LogP contribution < -0.4 is 16.4 Å². The van der Waals surface area contributed by atoms with Crippen molar-refractivity contribution in [2.45, 2.75) is 45.2 Å². The summed E-state index contributed by atoms with van der Waals surface area (Å²) in [6.07, 6.45) is 3.20. The Balaban J connectivity index is 3.72. The molecule has 0 aromatic rings. The summed E-state index contributed by atoms with van der Waals surface area (Å²) in [5, 5.41) is 5.44. The van der Waals surface area contributed by atoms with Gasteiger partial charge in [0, 0.05) is 19.0 Å². The predicted molar refractivity (Wildman–Crippen MR) is 68.3 cm³/mol. The van der Waals surface area contributed by atoms with Crippen LogP contribution in [-0.4, -0.2) is 30.4 Å². The molecule has 0 aliphatic carbocycles. The number of nitrogens with two attached hydrogens (primary N) is 1. The van der Waals surface area contributed by atoms with Crippen molar-refractivity contribution in [1.29, 1.82) is 0 Å². The maximum absolute atomic E-state index is 11.4. The largest absolute Gasteiger partial charge is 0.354 e. The van der Waals surface area contributed by atoms with Crippen molar-refractivity contribution in [3.63, 3.8) is 0 Å². The van der Waals surface area contributed by atoms with Gasteiger partial charge in [-0.15, -0.1) is 6.58 Å². The van der Waals surface area contributed by atoms with E-state index in [2.05, 4.69) is 17.2 Å². The highest BCUT2D eigenvalue weighted by Gasteiger charge is 2.11. The van der Waals surface area contributed by atoms with Crippen LogP contribution in [0.5, 0.6) is 0 Å². The highest BCUT2D eigenvalue weighted by atomic mass is 16.2. The fourth-order valence-electron chi connectivity index (χ4n) is 1.17. The van der Waals surface area contributed by atoms with Gasteiger partial charge in [0.2, 0.25) is 11.8 Å². The molecule has 0 heterocycles. The normalized spacial score (nSPS) is 13.6.